The highest BCUT2D eigenvalue weighted by molar-refractivity contribution is 7.63. The first-order valence-corrected chi connectivity index (χ1v) is 6.75. The van der Waals surface area contributed by atoms with Crippen molar-refractivity contribution in [3.05, 3.63) is 0 Å². The van der Waals surface area contributed by atoms with Crippen LogP contribution in [0.5, 0.6) is 0 Å². The largest absolute Gasteiger partial charge is 0.466 e. The van der Waals surface area contributed by atoms with Crippen LogP contribution in [0.25, 0.3) is 0 Å². The zero-order valence-electron chi connectivity index (χ0n) is 8.16. The van der Waals surface area contributed by atoms with Crippen molar-refractivity contribution in [2.24, 2.45) is 0 Å². The van der Waals surface area contributed by atoms with Crippen molar-refractivity contribution in [2.45, 2.75) is 25.9 Å². The molecule has 0 radical (unpaired) electrons. The molecule has 0 saturated heterocycles. The third-order valence-corrected chi connectivity index (χ3v) is 4.13. The van der Waals surface area contributed by atoms with Gasteiger partial charge in [-0.3, -0.25) is 4.79 Å². The fraction of sp³-hybridized carbons (Fsp3) is 0.875. The predicted octanol–water partition coefficient (Wildman–Crippen LogP) is 1.95. The Hall–Kier alpha value is -0.300. The Balaban J connectivity index is 3.93. The second-order valence-electron chi connectivity index (χ2n) is 3.29. The van der Waals surface area contributed by atoms with Gasteiger partial charge in [-0.25, -0.2) is 0 Å². The first-order valence-electron chi connectivity index (χ1n) is 4.08. The Kier molecular flexibility index (Phi) is 4.54. The molecule has 0 bridgehead atoms. The van der Waals surface area contributed by atoms with Gasteiger partial charge in [-0.1, -0.05) is 6.92 Å². The quantitative estimate of drug-likeness (QED) is 0.505. The van der Waals surface area contributed by atoms with Gasteiger partial charge in [0.15, 0.2) is 0 Å². The van der Waals surface area contributed by atoms with Crippen LogP contribution in [0.3, 0.4) is 0 Å². The topological polar surface area (TPSA) is 43.4 Å². The Bertz CT molecular complexity index is 194. The van der Waals surface area contributed by atoms with E-state index in [-0.39, 0.29) is 18.0 Å². The minimum Gasteiger partial charge on any atom is -0.466 e. The molecule has 0 rings (SSSR count). The van der Waals surface area contributed by atoms with Crippen molar-refractivity contribution in [1.29, 1.82) is 0 Å². The van der Waals surface area contributed by atoms with Gasteiger partial charge in [0.1, 0.15) is 0 Å². The number of carbonyl (C=O) groups excluding carboxylic acids is 1. The molecule has 0 fully saturated rings. The minimum absolute atomic E-state index is 0.0726. The third-order valence-electron chi connectivity index (χ3n) is 1.83. The van der Waals surface area contributed by atoms with Gasteiger partial charge < -0.3 is 9.30 Å². The van der Waals surface area contributed by atoms with Crippen LogP contribution < -0.4 is 0 Å². The molecule has 4 heteroatoms. The number of hydrogen-bond acceptors (Lipinski definition) is 3. The minimum atomic E-state index is -2.14. The van der Waals surface area contributed by atoms with E-state index in [2.05, 4.69) is 0 Å². The maximum atomic E-state index is 11.4. The van der Waals surface area contributed by atoms with Crippen LogP contribution in [-0.4, -0.2) is 31.6 Å². The van der Waals surface area contributed by atoms with Gasteiger partial charge in [0.2, 0.25) is 0 Å². The summed E-state index contributed by atoms with van der Waals surface area (Å²) in [5.74, 6) is -0.256. The van der Waals surface area contributed by atoms with Crippen molar-refractivity contribution in [3.63, 3.8) is 0 Å². The van der Waals surface area contributed by atoms with Gasteiger partial charge in [0.05, 0.1) is 20.2 Å². The molecule has 3 nitrogen and oxygen atoms in total. The van der Waals surface area contributed by atoms with E-state index in [0.717, 1.165) is 0 Å². The number of ether oxygens (including phenoxy) is 1. The van der Waals surface area contributed by atoms with E-state index in [0.29, 0.717) is 6.61 Å². The lowest BCUT2D eigenvalue weighted by Gasteiger charge is -2.14. The lowest BCUT2D eigenvalue weighted by Crippen LogP contribution is -2.12. The van der Waals surface area contributed by atoms with E-state index < -0.39 is 7.14 Å². The molecule has 1 atom stereocenters. The lowest BCUT2D eigenvalue weighted by atomic mass is 10.3. The zero-order valence-corrected chi connectivity index (χ0v) is 9.06. The molecule has 0 N–H and O–H groups in total. The fourth-order valence-electron chi connectivity index (χ4n) is 0.681. The van der Waals surface area contributed by atoms with Crippen molar-refractivity contribution in [3.8, 4) is 0 Å². The zero-order chi connectivity index (χ0) is 9.78. The number of esters is 1. The van der Waals surface area contributed by atoms with E-state index >= 15 is 0 Å². The van der Waals surface area contributed by atoms with Crippen LogP contribution in [0.15, 0.2) is 0 Å². The summed E-state index contributed by atoms with van der Waals surface area (Å²) in [6.07, 6.45) is 0.262. The summed E-state index contributed by atoms with van der Waals surface area (Å²) >= 11 is 0. The highest BCUT2D eigenvalue weighted by Crippen LogP contribution is 2.43. The molecule has 0 amide bonds. The summed E-state index contributed by atoms with van der Waals surface area (Å²) in [5.41, 5.74) is -0.0726. The van der Waals surface area contributed by atoms with Gasteiger partial charge >= 0.3 is 5.97 Å². The highest BCUT2D eigenvalue weighted by atomic mass is 31.2. The van der Waals surface area contributed by atoms with Crippen molar-refractivity contribution in [1.82, 2.24) is 0 Å². The maximum absolute atomic E-state index is 11.4. The SMILES string of the molecule is CCOC(=O)CC(C)P(C)(C)=O. The third kappa shape index (κ3) is 4.55. The van der Waals surface area contributed by atoms with Crippen molar-refractivity contribution in [2.75, 3.05) is 19.9 Å². The summed E-state index contributed by atoms with van der Waals surface area (Å²) in [7, 11) is -2.14. The molecule has 72 valence electrons. The molecule has 0 aromatic rings. The van der Waals surface area contributed by atoms with Gasteiger partial charge in [-0.15, -0.1) is 0 Å². The monoisotopic (exact) mass is 192 g/mol. The molecule has 1 unspecified atom stereocenters. The number of rotatable bonds is 4. The lowest BCUT2D eigenvalue weighted by molar-refractivity contribution is -0.143. The molecule has 0 spiro atoms. The van der Waals surface area contributed by atoms with E-state index in [1.54, 1.807) is 20.3 Å². The Morgan fingerprint density at radius 3 is 2.33 bits per heavy atom. The van der Waals surface area contributed by atoms with Gasteiger partial charge in [-0.05, 0) is 20.3 Å². The van der Waals surface area contributed by atoms with Gasteiger partial charge in [-0.2, -0.15) is 0 Å². The normalized spacial score (nSPS) is 14.0. The average Bonchev–Trinajstić information content (AvgIpc) is 1.85. The summed E-state index contributed by atoms with van der Waals surface area (Å²) in [4.78, 5) is 11.0. The molecular formula is C8H17O3P. The van der Waals surface area contributed by atoms with Crippen molar-refractivity contribution >= 4 is 13.1 Å². The summed E-state index contributed by atoms with van der Waals surface area (Å²) in [6.45, 7) is 7.36. The van der Waals surface area contributed by atoms with Crippen LogP contribution in [0.2, 0.25) is 0 Å². The van der Waals surface area contributed by atoms with Crippen LogP contribution in [0.1, 0.15) is 20.3 Å². The van der Waals surface area contributed by atoms with Crippen LogP contribution in [0, 0.1) is 0 Å². The average molecular weight is 192 g/mol. The van der Waals surface area contributed by atoms with Gasteiger partial charge in [0, 0.05) is 5.66 Å². The highest BCUT2D eigenvalue weighted by Gasteiger charge is 2.21. The van der Waals surface area contributed by atoms with E-state index in [1.807, 2.05) is 6.92 Å². The number of carbonyl (C=O) groups is 1. The molecule has 12 heavy (non-hydrogen) atoms. The molecule has 0 aliphatic heterocycles. The molecule has 0 saturated carbocycles. The van der Waals surface area contributed by atoms with E-state index in [4.69, 9.17) is 4.74 Å². The van der Waals surface area contributed by atoms with Crippen LogP contribution in [0.4, 0.5) is 0 Å². The summed E-state index contributed by atoms with van der Waals surface area (Å²) in [5, 5.41) is 0. The molecule has 0 aromatic carbocycles. The predicted molar refractivity (Wildman–Crippen MR) is 50.2 cm³/mol. The van der Waals surface area contributed by atoms with Crippen LogP contribution >= 0.6 is 7.14 Å². The standard InChI is InChI=1S/C8H17O3P/c1-5-11-8(9)6-7(2)12(3,4)10/h7H,5-6H2,1-4H3. The fourth-order valence-corrected chi connectivity index (χ4v) is 1.27. The number of hydrogen-bond donors (Lipinski definition) is 0. The molecule has 0 aliphatic rings. The van der Waals surface area contributed by atoms with E-state index in [9.17, 15) is 9.36 Å². The summed E-state index contributed by atoms with van der Waals surface area (Å²) in [6, 6.07) is 0. The molecule has 0 aliphatic carbocycles. The second kappa shape index (κ2) is 4.66. The molecule has 0 aromatic heterocycles. The Morgan fingerprint density at radius 2 is 2.00 bits per heavy atom. The van der Waals surface area contributed by atoms with E-state index in [1.165, 1.54) is 0 Å². The smallest absolute Gasteiger partial charge is 0.306 e. The maximum Gasteiger partial charge on any atom is 0.306 e. The Morgan fingerprint density at radius 1 is 1.50 bits per heavy atom. The van der Waals surface area contributed by atoms with Crippen LogP contribution in [-0.2, 0) is 14.1 Å². The molecular weight excluding hydrogens is 175 g/mol. The molecule has 0 heterocycles. The van der Waals surface area contributed by atoms with Crippen molar-refractivity contribution < 1.29 is 14.1 Å². The first-order chi connectivity index (χ1) is 5.38. The summed E-state index contributed by atoms with van der Waals surface area (Å²) < 4.78 is 16.2. The first kappa shape index (κ1) is 11.7. The Labute approximate surface area is 73.9 Å². The van der Waals surface area contributed by atoms with Gasteiger partial charge in [0.25, 0.3) is 0 Å². The second-order valence-corrected chi connectivity index (χ2v) is 7.04.